The summed E-state index contributed by atoms with van der Waals surface area (Å²) in [5, 5.41) is 23.8. The first kappa shape index (κ1) is 23.7. The highest BCUT2D eigenvalue weighted by molar-refractivity contribution is 5.76. The molecule has 0 aromatic rings. The van der Waals surface area contributed by atoms with E-state index in [0.717, 1.165) is 32.1 Å². The molecular formula is C25H39NO3. The number of rotatable bonds is 9. The molecule has 3 N–H and O–H groups in total. The van der Waals surface area contributed by atoms with Crippen LogP contribution in [0.3, 0.4) is 0 Å². The summed E-state index contributed by atoms with van der Waals surface area (Å²) < 4.78 is 0. The largest absolute Gasteiger partial charge is 0.392 e. The summed E-state index contributed by atoms with van der Waals surface area (Å²) in [7, 11) is 0. The Kier molecular flexibility index (Phi) is 9.46. The molecule has 29 heavy (non-hydrogen) atoms. The summed E-state index contributed by atoms with van der Waals surface area (Å²) in [6, 6.07) is 0.201. The highest BCUT2D eigenvalue weighted by atomic mass is 16.3. The van der Waals surface area contributed by atoms with Crippen LogP contribution in [-0.2, 0) is 4.79 Å². The zero-order valence-corrected chi connectivity index (χ0v) is 18.5. The van der Waals surface area contributed by atoms with Crippen molar-refractivity contribution in [2.45, 2.75) is 90.9 Å². The zero-order chi connectivity index (χ0) is 21.4. The summed E-state index contributed by atoms with van der Waals surface area (Å²) in [6.07, 6.45) is 11.4. The fourth-order valence-corrected chi connectivity index (χ4v) is 4.72. The van der Waals surface area contributed by atoms with Gasteiger partial charge in [0.25, 0.3) is 0 Å². The van der Waals surface area contributed by atoms with E-state index < -0.39 is 6.10 Å². The minimum Gasteiger partial charge on any atom is -0.392 e. The van der Waals surface area contributed by atoms with Crippen LogP contribution in [0.15, 0.2) is 23.8 Å². The topological polar surface area (TPSA) is 69.6 Å². The van der Waals surface area contributed by atoms with E-state index in [9.17, 15) is 15.0 Å². The highest BCUT2D eigenvalue weighted by Crippen LogP contribution is 2.50. The second kappa shape index (κ2) is 11.6. The minimum absolute atomic E-state index is 0.0972. The van der Waals surface area contributed by atoms with Crippen molar-refractivity contribution in [3.63, 3.8) is 0 Å². The number of carbonyl (C=O) groups excluding carboxylic acids is 1. The summed E-state index contributed by atoms with van der Waals surface area (Å²) in [6.45, 7) is 7.78. The number of carbonyl (C=O) groups is 1. The fourth-order valence-electron chi connectivity index (χ4n) is 4.72. The lowest BCUT2D eigenvalue weighted by molar-refractivity contribution is -0.121. The Labute approximate surface area is 176 Å². The van der Waals surface area contributed by atoms with Crippen LogP contribution in [0.4, 0.5) is 0 Å². The number of aliphatic hydroxyl groups is 2. The minimum atomic E-state index is -0.518. The summed E-state index contributed by atoms with van der Waals surface area (Å²) >= 11 is 0. The molecular weight excluding hydrogens is 362 g/mol. The number of aliphatic hydroxyl groups excluding tert-OH is 2. The Hall–Kier alpha value is -1.57. The Balaban J connectivity index is 1.83. The SMILES string of the molecule is CC#CC[C@H](C)[C@H](O)/C=C/[C@@H]1[C@H]2C/C(=C/CCCC(=O)NC(C)C)C[C@H]2C[C@H]1O. The van der Waals surface area contributed by atoms with Crippen molar-refractivity contribution in [1.29, 1.82) is 0 Å². The van der Waals surface area contributed by atoms with Gasteiger partial charge in [-0.05, 0) is 70.6 Å². The molecule has 0 spiro atoms. The maximum absolute atomic E-state index is 11.7. The van der Waals surface area contributed by atoms with E-state index >= 15 is 0 Å². The summed E-state index contributed by atoms with van der Waals surface area (Å²) in [5.41, 5.74) is 1.47. The van der Waals surface area contributed by atoms with Crippen LogP contribution in [-0.4, -0.2) is 34.4 Å². The summed E-state index contributed by atoms with van der Waals surface area (Å²) in [4.78, 5) is 11.7. The van der Waals surface area contributed by atoms with Crippen LogP contribution in [0.1, 0.15) is 72.6 Å². The normalized spacial score (nSPS) is 29.7. The van der Waals surface area contributed by atoms with Gasteiger partial charge >= 0.3 is 0 Å². The van der Waals surface area contributed by atoms with E-state index in [0.29, 0.717) is 24.7 Å². The molecule has 0 aromatic heterocycles. The Morgan fingerprint density at radius 2 is 2.07 bits per heavy atom. The van der Waals surface area contributed by atoms with Crippen molar-refractivity contribution in [3.05, 3.63) is 23.8 Å². The maximum atomic E-state index is 11.7. The van der Waals surface area contributed by atoms with Crippen LogP contribution in [0.2, 0.25) is 0 Å². The van der Waals surface area contributed by atoms with E-state index in [-0.39, 0.29) is 29.9 Å². The predicted octanol–water partition coefficient (Wildman–Crippen LogP) is 3.98. The van der Waals surface area contributed by atoms with E-state index in [1.807, 2.05) is 33.8 Å². The molecule has 4 heteroatoms. The van der Waals surface area contributed by atoms with Gasteiger partial charge in [-0.15, -0.1) is 11.8 Å². The number of fused-ring (bicyclic) bond motifs is 1. The van der Waals surface area contributed by atoms with Crippen molar-refractivity contribution >= 4 is 5.91 Å². The summed E-state index contributed by atoms with van der Waals surface area (Å²) in [5.74, 6) is 7.26. The van der Waals surface area contributed by atoms with Crippen molar-refractivity contribution in [3.8, 4) is 11.8 Å². The second-order valence-corrected chi connectivity index (χ2v) is 9.17. The van der Waals surface area contributed by atoms with Crippen molar-refractivity contribution < 1.29 is 15.0 Å². The van der Waals surface area contributed by atoms with Crippen LogP contribution in [0, 0.1) is 35.5 Å². The molecule has 162 valence electrons. The van der Waals surface area contributed by atoms with Gasteiger partial charge in [0.2, 0.25) is 5.91 Å². The van der Waals surface area contributed by atoms with Crippen LogP contribution < -0.4 is 5.32 Å². The molecule has 2 fully saturated rings. The van der Waals surface area contributed by atoms with Crippen LogP contribution >= 0.6 is 0 Å². The quantitative estimate of drug-likeness (QED) is 0.311. The van der Waals surface area contributed by atoms with Gasteiger partial charge in [0.05, 0.1) is 12.2 Å². The second-order valence-electron chi connectivity index (χ2n) is 9.17. The Morgan fingerprint density at radius 3 is 2.76 bits per heavy atom. The molecule has 1 amide bonds. The molecule has 0 bridgehead atoms. The monoisotopic (exact) mass is 401 g/mol. The molecule has 0 aromatic carbocycles. The number of hydrogen-bond donors (Lipinski definition) is 3. The number of nitrogens with one attached hydrogen (secondary N) is 1. The lowest BCUT2D eigenvalue weighted by Gasteiger charge is -2.19. The van der Waals surface area contributed by atoms with Crippen LogP contribution in [0.5, 0.6) is 0 Å². The number of allylic oxidation sites excluding steroid dienone is 2. The van der Waals surface area contributed by atoms with Crippen molar-refractivity contribution in [1.82, 2.24) is 5.32 Å². The number of amides is 1. The first-order valence-corrected chi connectivity index (χ1v) is 11.2. The molecule has 0 radical (unpaired) electrons. The van der Waals surface area contributed by atoms with Crippen molar-refractivity contribution in [2.24, 2.45) is 23.7 Å². The van der Waals surface area contributed by atoms with Gasteiger partial charge in [-0.1, -0.05) is 30.7 Å². The van der Waals surface area contributed by atoms with E-state index in [2.05, 4.69) is 29.3 Å². The average Bonchev–Trinajstić information content (AvgIpc) is 3.17. The van der Waals surface area contributed by atoms with E-state index in [4.69, 9.17) is 0 Å². The standard InChI is InChI=1S/C25H39NO3/c1-5-6-9-18(4)23(27)13-12-21-22-15-19(14-20(22)16-24(21)28)10-7-8-11-25(29)26-17(2)3/h10,12-13,17-18,20-24,27-28H,7-9,11,14-16H2,1-4H3,(H,26,29)/b13-12+,19-10+/t18-,20-,21+,22-,23+,24+/m0/s1. The molecule has 0 unspecified atom stereocenters. The number of hydrogen-bond acceptors (Lipinski definition) is 3. The van der Waals surface area contributed by atoms with Gasteiger partial charge in [0.15, 0.2) is 0 Å². The molecule has 0 heterocycles. The molecule has 2 aliphatic rings. The Bertz CT molecular complexity index is 655. The predicted molar refractivity (Wildman–Crippen MR) is 118 cm³/mol. The molecule has 2 aliphatic carbocycles. The lowest BCUT2D eigenvalue weighted by atomic mass is 9.89. The van der Waals surface area contributed by atoms with Gasteiger partial charge < -0.3 is 15.5 Å². The number of unbranched alkanes of at least 4 members (excludes halogenated alkanes) is 1. The van der Waals surface area contributed by atoms with Gasteiger partial charge in [-0.2, -0.15) is 0 Å². The first-order chi connectivity index (χ1) is 13.8. The fraction of sp³-hybridized carbons (Fsp3) is 0.720. The Morgan fingerprint density at radius 1 is 1.31 bits per heavy atom. The smallest absolute Gasteiger partial charge is 0.220 e. The third kappa shape index (κ3) is 7.32. The maximum Gasteiger partial charge on any atom is 0.220 e. The third-order valence-corrected chi connectivity index (χ3v) is 6.32. The van der Waals surface area contributed by atoms with Crippen LogP contribution in [0.25, 0.3) is 0 Å². The molecule has 0 aliphatic heterocycles. The third-order valence-electron chi connectivity index (χ3n) is 6.32. The molecule has 2 saturated carbocycles. The van der Waals surface area contributed by atoms with Gasteiger partial charge in [0.1, 0.15) is 0 Å². The van der Waals surface area contributed by atoms with E-state index in [1.165, 1.54) is 5.57 Å². The highest BCUT2D eigenvalue weighted by Gasteiger charge is 2.44. The first-order valence-electron chi connectivity index (χ1n) is 11.2. The zero-order valence-electron chi connectivity index (χ0n) is 18.5. The average molecular weight is 402 g/mol. The van der Waals surface area contributed by atoms with Gasteiger partial charge in [-0.25, -0.2) is 0 Å². The van der Waals surface area contributed by atoms with E-state index in [1.54, 1.807) is 0 Å². The van der Waals surface area contributed by atoms with Gasteiger partial charge in [-0.3, -0.25) is 4.79 Å². The lowest BCUT2D eigenvalue weighted by Crippen LogP contribution is -2.29. The molecule has 0 saturated heterocycles. The molecule has 4 nitrogen and oxygen atoms in total. The van der Waals surface area contributed by atoms with Crippen molar-refractivity contribution in [2.75, 3.05) is 0 Å². The van der Waals surface area contributed by atoms with Gasteiger partial charge in [0, 0.05) is 24.8 Å². The molecule has 6 atom stereocenters. The molecule has 2 rings (SSSR count).